The van der Waals surface area contributed by atoms with Gasteiger partial charge in [-0.3, -0.25) is 0 Å². The van der Waals surface area contributed by atoms with Crippen molar-refractivity contribution in [2.24, 2.45) is 5.73 Å². The van der Waals surface area contributed by atoms with Crippen molar-refractivity contribution >= 4 is 10.9 Å². The van der Waals surface area contributed by atoms with Gasteiger partial charge in [-0.1, -0.05) is 0 Å². The van der Waals surface area contributed by atoms with Crippen LogP contribution in [0.1, 0.15) is 11.1 Å². The number of aromatic amines is 1. The number of hydrogen-bond acceptors (Lipinski definition) is 2. The fourth-order valence-electron chi connectivity index (χ4n) is 1.70. The Morgan fingerprint density at radius 3 is 2.86 bits per heavy atom. The van der Waals surface area contributed by atoms with E-state index in [0.717, 1.165) is 22.4 Å². The number of methoxy groups -OCH3 is 1. The molecule has 0 aliphatic heterocycles. The number of nitrogens with one attached hydrogen (secondary N) is 1. The molecule has 0 radical (unpaired) electrons. The van der Waals surface area contributed by atoms with E-state index in [1.807, 2.05) is 19.2 Å². The molecule has 14 heavy (non-hydrogen) atoms. The average Bonchev–Trinajstić information content (AvgIpc) is 2.58. The van der Waals surface area contributed by atoms with Gasteiger partial charge in [0.1, 0.15) is 5.75 Å². The van der Waals surface area contributed by atoms with Crippen molar-refractivity contribution in [1.82, 2.24) is 4.98 Å². The second kappa shape index (κ2) is 3.35. The lowest BCUT2D eigenvalue weighted by atomic mass is 10.1. The van der Waals surface area contributed by atoms with Gasteiger partial charge in [-0.2, -0.15) is 0 Å². The minimum absolute atomic E-state index is 0.561. The van der Waals surface area contributed by atoms with Gasteiger partial charge in [-0.25, -0.2) is 0 Å². The van der Waals surface area contributed by atoms with Crippen LogP contribution in [0.2, 0.25) is 0 Å². The van der Waals surface area contributed by atoms with Crippen LogP contribution in [-0.4, -0.2) is 12.1 Å². The van der Waals surface area contributed by atoms with E-state index in [1.165, 1.54) is 5.39 Å². The van der Waals surface area contributed by atoms with Crippen LogP contribution in [0.25, 0.3) is 10.9 Å². The Kier molecular flexibility index (Phi) is 2.17. The molecule has 0 aliphatic rings. The molecule has 3 nitrogen and oxygen atoms in total. The fraction of sp³-hybridized carbons (Fsp3) is 0.273. The maximum atomic E-state index is 5.63. The van der Waals surface area contributed by atoms with Crippen molar-refractivity contribution in [2.45, 2.75) is 13.5 Å². The normalized spacial score (nSPS) is 10.8. The second-order valence-electron chi connectivity index (χ2n) is 3.39. The molecule has 0 spiro atoms. The number of H-pyrrole nitrogens is 1. The summed E-state index contributed by atoms with van der Waals surface area (Å²) >= 11 is 0. The number of rotatable bonds is 2. The molecule has 0 saturated heterocycles. The molecule has 74 valence electrons. The molecular weight excluding hydrogens is 176 g/mol. The molecule has 0 unspecified atom stereocenters. The third-order valence-electron chi connectivity index (χ3n) is 2.50. The van der Waals surface area contributed by atoms with Gasteiger partial charge in [0.05, 0.1) is 7.11 Å². The van der Waals surface area contributed by atoms with Gasteiger partial charge in [0.15, 0.2) is 0 Å². The van der Waals surface area contributed by atoms with E-state index >= 15 is 0 Å². The van der Waals surface area contributed by atoms with Crippen LogP contribution in [0.5, 0.6) is 5.75 Å². The highest BCUT2D eigenvalue weighted by atomic mass is 16.5. The molecule has 1 aromatic heterocycles. The number of fused-ring (bicyclic) bond motifs is 1. The summed E-state index contributed by atoms with van der Waals surface area (Å²) in [6.07, 6.45) is 1.95. The summed E-state index contributed by atoms with van der Waals surface area (Å²) in [5.41, 5.74) is 8.98. The van der Waals surface area contributed by atoms with Crippen LogP contribution >= 0.6 is 0 Å². The fourth-order valence-corrected chi connectivity index (χ4v) is 1.70. The Morgan fingerprint density at radius 1 is 1.43 bits per heavy atom. The molecule has 0 aliphatic carbocycles. The minimum Gasteiger partial charge on any atom is -0.496 e. The van der Waals surface area contributed by atoms with Gasteiger partial charge in [0.25, 0.3) is 0 Å². The van der Waals surface area contributed by atoms with Crippen LogP contribution in [0, 0.1) is 6.92 Å². The first-order chi connectivity index (χ1) is 6.76. The van der Waals surface area contributed by atoms with Crippen molar-refractivity contribution in [3.63, 3.8) is 0 Å². The smallest absolute Gasteiger partial charge is 0.123 e. The number of aromatic nitrogens is 1. The minimum atomic E-state index is 0.561. The summed E-state index contributed by atoms with van der Waals surface area (Å²) in [5.74, 6) is 0.905. The molecule has 0 fully saturated rings. The molecule has 3 heteroatoms. The predicted octanol–water partition coefficient (Wildman–Crippen LogP) is 1.94. The predicted molar refractivity (Wildman–Crippen MR) is 57.5 cm³/mol. The Labute approximate surface area is 82.9 Å². The van der Waals surface area contributed by atoms with Gasteiger partial charge in [0, 0.05) is 29.7 Å². The third-order valence-corrected chi connectivity index (χ3v) is 2.50. The average molecular weight is 190 g/mol. The monoisotopic (exact) mass is 190 g/mol. The Morgan fingerprint density at radius 2 is 2.21 bits per heavy atom. The first kappa shape index (κ1) is 9.09. The zero-order chi connectivity index (χ0) is 10.1. The third kappa shape index (κ3) is 1.26. The maximum Gasteiger partial charge on any atom is 0.123 e. The molecule has 1 aromatic carbocycles. The van der Waals surface area contributed by atoms with Crippen molar-refractivity contribution in [2.75, 3.05) is 7.11 Å². The summed E-state index contributed by atoms with van der Waals surface area (Å²) in [6.45, 7) is 2.59. The van der Waals surface area contributed by atoms with Gasteiger partial charge < -0.3 is 15.5 Å². The van der Waals surface area contributed by atoms with Gasteiger partial charge in [-0.15, -0.1) is 0 Å². The van der Waals surface area contributed by atoms with Crippen molar-refractivity contribution in [3.8, 4) is 5.75 Å². The van der Waals surface area contributed by atoms with E-state index in [0.29, 0.717) is 6.54 Å². The second-order valence-corrected chi connectivity index (χ2v) is 3.39. The van der Waals surface area contributed by atoms with Gasteiger partial charge in [-0.05, 0) is 24.1 Å². The SMILES string of the molecule is COc1cc2[nH]cc(CN)c2cc1C. The summed E-state index contributed by atoms with van der Waals surface area (Å²) in [6, 6.07) is 4.11. The maximum absolute atomic E-state index is 5.63. The summed E-state index contributed by atoms with van der Waals surface area (Å²) in [7, 11) is 1.68. The van der Waals surface area contributed by atoms with Crippen LogP contribution in [-0.2, 0) is 6.54 Å². The zero-order valence-electron chi connectivity index (χ0n) is 8.42. The summed E-state index contributed by atoms with van der Waals surface area (Å²) in [4.78, 5) is 3.18. The Bertz CT molecular complexity index is 460. The molecule has 3 N–H and O–H groups in total. The Hall–Kier alpha value is -1.48. The first-order valence-corrected chi connectivity index (χ1v) is 4.61. The molecule has 2 aromatic rings. The van der Waals surface area contributed by atoms with Crippen molar-refractivity contribution in [3.05, 3.63) is 29.5 Å². The lowest BCUT2D eigenvalue weighted by Gasteiger charge is -2.04. The lowest BCUT2D eigenvalue weighted by Crippen LogP contribution is -1.94. The topological polar surface area (TPSA) is 51.0 Å². The van der Waals surface area contributed by atoms with Gasteiger partial charge >= 0.3 is 0 Å². The lowest BCUT2D eigenvalue weighted by molar-refractivity contribution is 0.412. The van der Waals surface area contributed by atoms with E-state index in [4.69, 9.17) is 10.5 Å². The zero-order valence-corrected chi connectivity index (χ0v) is 8.42. The standard InChI is InChI=1S/C11H14N2O/c1-7-3-9-8(5-12)6-13-10(9)4-11(7)14-2/h3-4,6,13H,5,12H2,1-2H3. The summed E-state index contributed by atoms with van der Waals surface area (Å²) < 4.78 is 5.24. The van der Waals surface area contributed by atoms with Crippen molar-refractivity contribution < 1.29 is 4.74 Å². The molecule has 0 amide bonds. The van der Waals surface area contributed by atoms with Gasteiger partial charge in [0.2, 0.25) is 0 Å². The first-order valence-electron chi connectivity index (χ1n) is 4.61. The number of aryl methyl sites for hydroxylation is 1. The number of benzene rings is 1. The molecule has 1 heterocycles. The van der Waals surface area contributed by atoms with E-state index in [-0.39, 0.29) is 0 Å². The van der Waals surface area contributed by atoms with E-state index in [9.17, 15) is 0 Å². The van der Waals surface area contributed by atoms with E-state index in [2.05, 4.69) is 11.1 Å². The molecular formula is C11H14N2O. The highest BCUT2D eigenvalue weighted by molar-refractivity contribution is 5.85. The quantitative estimate of drug-likeness (QED) is 0.760. The van der Waals surface area contributed by atoms with Crippen LogP contribution in [0.3, 0.4) is 0 Å². The van der Waals surface area contributed by atoms with Crippen LogP contribution in [0.15, 0.2) is 18.3 Å². The molecule has 0 atom stereocenters. The number of hydrogen-bond donors (Lipinski definition) is 2. The van der Waals surface area contributed by atoms with E-state index < -0.39 is 0 Å². The number of ether oxygens (including phenoxy) is 1. The molecule has 0 bridgehead atoms. The van der Waals surface area contributed by atoms with Crippen LogP contribution < -0.4 is 10.5 Å². The van der Waals surface area contributed by atoms with E-state index in [1.54, 1.807) is 7.11 Å². The van der Waals surface area contributed by atoms with Crippen molar-refractivity contribution in [1.29, 1.82) is 0 Å². The molecule has 2 rings (SSSR count). The number of nitrogens with two attached hydrogens (primary N) is 1. The highest BCUT2D eigenvalue weighted by Gasteiger charge is 2.05. The largest absolute Gasteiger partial charge is 0.496 e. The highest BCUT2D eigenvalue weighted by Crippen LogP contribution is 2.26. The summed E-state index contributed by atoms with van der Waals surface area (Å²) in [5, 5.41) is 1.19. The molecule has 0 saturated carbocycles. The Balaban J connectivity index is 2.69. The van der Waals surface area contributed by atoms with Crippen LogP contribution in [0.4, 0.5) is 0 Å².